The third-order valence-corrected chi connectivity index (χ3v) is 3.42. The number of hydrogen-bond acceptors (Lipinski definition) is 4. The van der Waals surface area contributed by atoms with Gasteiger partial charge >= 0.3 is 5.97 Å². The van der Waals surface area contributed by atoms with Gasteiger partial charge in [0.05, 0.1) is 6.10 Å². The maximum atomic E-state index is 11.3. The van der Waals surface area contributed by atoms with Gasteiger partial charge in [-0.3, -0.25) is 10.1 Å². The molecule has 19 heavy (non-hydrogen) atoms. The highest BCUT2D eigenvalue weighted by molar-refractivity contribution is 5.78. The number of carboxylic acid groups (broad SMARTS) is 1. The van der Waals surface area contributed by atoms with E-state index in [1.54, 1.807) is 6.92 Å². The van der Waals surface area contributed by atoms with Crippen LogP contribution in [0.4, 0.5) is 0 Å². The third kappa shape index (κ3) is 5.89. The normalized spacial score (nSPS) is 20.4. The average Bonchev–Trinajstić information content (AvgIpc) is 2.35. The van der Waals surface area contributed by atoms with Gasteiger partial charge in [0, 0.05) is 25.9 Å². The summed E-state index contributed by atoms with van der Waals surface area (Å²) in [6.07, 6.45) is 3.49. The molecule has 0 amide bonds. The summed E-state index contributed by atoms with van der Waals surface area (Å²) in [5.74, 6) is -0.799. The molecule has 1 fully saturated rings. The van der Waals surface area contributed by atoms with Crippen molar-refractivity contribution in [1.82, 2.24) is 5.32 Å². The Hall–Kier alpha value is -0.650. The Morgan fingerprint density at radius 3 is 2.63 bits per heavy atom. The second-order valence-corrected chi connectivity index (χ2v) is 5.72. The number of nitrogens with one attached hydrogen (secondary N) is 1. The van der Waals surface area contributed by atoms with Crippen LogP contribution in [0.3, 0.4) is 0 Å². The molecule has 1 heterocycles. The molecule has 1 rings (SSSR count). The molecule has 1 saturated heterocycles. The second-order valence-electron chi connectivity index (χ2n) is 5.72. The largest absolute Gasteiger partial charge is 0.480 e. The first-order valence-corrected chi connectivity index (χ1v) is 7.14. The van der Waals surface area contributed by atoms with Crippen molar-refractivity contribution in [2.45, 2.75) is 64.1 Å². The van der Waals surface area contributed by atoms with E-state index in [2.05, 4.69) is 5.32 Å². The molecule has 0 aromatic rings. The molecular formula is C14H27NO4. The molecule has 1 aliphatic rings. The van der Waals surface area contributed by atoms with E-state index in [4.69, 9.17) is 9.47 Å². The lowest BCUT2D eigenvalue weighted by Gasteiger charge is -2.29. The summed E-state index contributed by atoms with van der Waals surface area (Å²) in [4.78, 5) is 11.3. The van der Waals surface area contributed by atoms with Crippen molar-refractivity contribution in [2.24, 2.45) is 0 Å². The van der Waals surface area contributed by atoms with Crippen molar-refractivity contribution in [2.75, 3.05) is 19.8 Å². The van der Waals surface area contributed by atoms with Gasteiger partial charge in [-0.05, 0) is 46.5 Å². The van der Waals surface area contributed by atoms with Crippen molar-refractivity contribution in [3.8, 4) is 0 Å². The molecule has 1 aliphatic heterocycles. The lowest BCUT2D eigenvalue weighted by molar-refractivity contribution is -0.145. The second kappa shape index (κ2) is 7.82. The van der Waals surface area contributed by atoms with Crippen LogP contribution in [0.25, 0.3) is 0 Å². The highest BCUT2D eigenvalue weighted by Gasteiger charge is 2.32. The van der Waals surface area contributed by atoms with Crippen LogP contribution >= 0.6 is 0 Å². The van der Waals surface area contributed by atoms with Gasteiger partial charge in [-0.2, -0.15) is 0 Å². The van der Waals surface area contributed by atoms with Crippen LogP contribution in [0.2, 0.25) is 0 Å². The number of ether oxygens (including phenoxy) is 2. The van der Waals surface area contributed by atoms with E-state index >= 15 is 0 Å². The number of rotatable bonds is 8. The first kappa shape index (κ1) is 16.4. The van der Waals surface area contributed by atoms with Crippen LogP contribution < -0.4 is 5.32 Å². The summed E-state index contributed by atoms with van der Waals surface area (Å²) in [6.45, 7) is 7.81. The van der Waals surface area contributed by atoms with Gasteiger partial charge in [-0.25, -0.2) is 0 Å². The highest BCUT2D eigenvalue weighted by Crippen LogP contribution is 2.16. The molecule has 0 radical (unpaired) electrons. The Morgan fingerprint density at radius 1 is 1.47 bits per heavy atom. The molecule has 2 N–H and O–H groups in total. The summed E-state index contributed by atoms with van der Waals surface area (Å²) in [5, 5.41) is 12.4. The van der Waals surface area contributed by atoms with E-state index < -0.39 is 11.5 Å². The molecule has 1 atom stereocenters. The summed E-state index contributed by atoms with van der Waals surface area (Å²) < 4.78 is 11.0. The van der Waals surface area contributed by atoms with Gasteiger partial charge in [-0.15, -0.1) is 0 Å². The van der Waals surface area contributed by atoms with Gasteiger partial charge in [0.1, 0.15) is 5.54 Å². The van der Waals surface area contributed by atoms with E-state index in [9.17, 15) is 9.90 Å². The van der Waals surface area contributed by atoms with Gasteiger partial charge in [-0.1, -0.05) is 0 Å². The molecule has 5 heteroatoms. The number of aliphatic carboxylic acids is 1. The monoisotopic (exact) mass is 273 g/mol. The molecule has 1 unspecified atom stereocenters. The van der Waals surface area contributed by atoms with Crippen LogP contribution in [0, 0.1) is 0 Å². The van der Waals surface area contributed by atoms with Gasteiger partial charge in [0.25, 0.3) is 0 Å². The van der Waals surface area contributed by atoms with E-state index in [0.29, 0.717) is 13.0 Å². The minimum absolute atomic E-state index is 0.150. The molecule has 0 bridgehead atoms. The van der Waals surface area contributed by atoms with Crippen molar-refractivity contribution < 1.29 is 19.4 Å². The van der Waals surface area contributed by atoms with Crippen molar-refractivity contribution in [3.63, 3.8) is 0 Å². The van der Waals surface area contributed by atoms with Crippen molar-refractivity contribution in [1.29, 1.82) is 0 Å². The molecule has 5 nitrogen and oxygen atoms in total. The standard InChI is InChI=1S/C14H27NO4/c1-11(2)15-14(3,13(16)17)7-4-8-19-12-5-9-18-10-6-12/h11-12,15H,4-10H2,1-3H3,(H,16,17). The first-order valence-electron chi connectivity index (χ1n) is 7.14. The van der Waals surface area contributed by atoms with E-state index in [1.807, 2.05) is 13.8 Å². The van der Waals surface area contributed by atoms with Crippen LogP contribution in [0.15, 0.2) is 0 Å². The fourth-order valence-electron chi connectivity index (χ4n) is 2.40. The van der Waals surface area contributed by atoms with Crippen molar-refractivity contribution >= 4 is 5.97 Å². The van der Waals surface area contributed by atoms with Gasteiger partial charge < -0.3 is 14.6 Å². The Bertz CT molecular complexity index is 277. The van der Waals surface area contributed by atoms with Gasteiger partial charge in [0.15, 0.2) is 0 Å². The molecular weight excluding hydrogens is 246 g/mol. The SMILES string of the molecule is CC(C)NC(C)(CCCOC1CCOCC1)C(=O)O. The minimum atomic E-state index is -0.868. The van der Waals surface area contributed by atoms with E-state index in [1.165, 1.54) is 0 Å². The topological polar surface area (TPSA) is 67.8 Å². The Morgan fingerprint density at radius 2 is 2.11 bits per heavy atom. The number of carbonyl (C=O) groups is 1. The molecule has 0 saturated carbocycles. The molecule has 112 valence electrons. The smallest absolute Gasteiger partial charge is 0.323 e. The zero-order chi connectivity index (χ0) is 14.3. The summed E-state index contributed by atoms with van der Waals surface area (Å²) in [5.41, 5.74) is -0.868. The third-order valence-electron chi connectivity index (χ3n) is 3.42. The molecule has 0 spiro atoms. The quantitative estimate of drug-likeness (QED) is 0.660. The van der Waals surface area contributed by atoms with Crippen molar-refractivity contribution in [3.05, 3.63) is 0 Å². The zero-order valence-corrected chi connectivity index (χ0v) is 12.3. The Kier molecular flexibility index (Phi) is 6.75. The average molecular weight is 273 g/mol. The van der Waals surface area contributed by atoms with E-state index in [0.717, 1.165) is 32.5 Å². The lowest BCUT2D eigenvalue weighted by Crippen LogP contribution is -2.52. The van der Waals surface area contributed by atoms with Crippen LogP contribution in [-0.4, -0.2) is 48.6 Å². The van der Waals surface area contributed by atoms with Crippen LogP contribution in [0.1, 0.15) is 46.5 Å². The van der Waals surface area contributed by atoms with Crippen LogP contribution in [-0.2, 0) is 14.3 Å². The number of carboxylic acids is 1. The lowest BCUT2D eigenvalue weighted by atomic mass is 9.95. The highest BCUT2D eigenvalue weighted by atomic mass is 16.5. The number of hydrogen-bond donors (Lipinski definition) is 2. The summed E-state index contributed by atoms with van der Waals surface area (Å²) in [7, 11) is 0. The predicted octanol–water partition coefficient (Wildman–Crippen LogP) is 1.80. The minimum Gasteiger partial charge on any atom is -0.480 e. The fourth-order valence-corrected chi connectivity index (χ4v) is 2.40. The predicted molar refractivity (Wildman–Crippen MR) is 73.3 cm³/mol. The molecule has 0 aromatic carbocycles. The Labute approximate surface area is 115 Å². The zero-order valence-electron chi connectivity index (χ0n) is 12.3. The summed E-state index contributed by atoms with van der Waals surface area (Å²) in [6, 6.07) is 0.150. The first-order chi connectivity index (χ1) is 8.94. The summed E-state index contributed by atoms with van der Waals surface area (Å²) >= 11 is 0. The fraction of sp³-hybridized carbons (Fsp3) is 0.929. The van der Waals surface area contributed by atoms with Gasteiger partial charge in [0.2, 0.25) is 0 Å². The molecule has 0 aliphatic carbocycles. The maximum absolute atomic E-state index is 11.3. The van der Waals surface area contributed by atoms with Crippen LogP contribution in [0.5, 0.6) is 0 Å². The maximum Gasteiger partial charge on any atom is 0.323 e. The van der Waals surface area contributed by atoms with E-state index in [-0.39, 0.29) is 12.1 Å². The Balaban J connectivity index is 2.26. The molecule has 0 aromatic heterocycles.